The smallest absolute Gasteiger partial charge is 0.340 e. The van der Waals surface area contributed by atoms with E-state index in [2.05, 4.69) is 21.1 Å². The molecule has 12 nitrogen and oxygen atoms in total. The predicted molar refractivity (Wildman–Crippen MR) is 161 cm³/mol. The molecule has 224 valence electrons. The van der Waals surface area contributed by atoms with E-state index in [0.29, 0.717) is 33.8 Å². The highest BCUT2D eigenvalue weighted by Gasteiger charge is 2.49. The normalized spacial score (nSPS) is 15.3. The van der Waals surface area contributed by atoms with Crippen molar-refractivity contribution in [3.8, 4) is 28.8 Å². The molecule has 1 fully saturated rings. The van der Waals surface area contributed by atoms with E-state index in [1.807, 2.05) is 54.6 Å². The van der Waals surface area contributed by atoms with Gasteiger partial charge >= 0.3 is 5.97 Å². The first kappa shape index (κ1) is 29.0. The van der Waals surface area contributed by atoms with Gasteiger partial charge in [-0.15, -0.1) is 0 Å². The van der Waals surface area contributed by atoms with E-state index in [4.69, 9.17) is 9.57 Å². The molecule has 0 N–H and O–H groups in total. The molecule has 13 heteroatoms. The minimum absolute atomic E-state index is 0.00565. The molecule has 5 aromatic rings. The van der Waals surface area contributed by atoms with Gasteiger partial charge in [0.1, 0.15) is 23.4 Å². The summed E-state index contributed by atoms with van der Waals surface area (Å²) in [5.74, 6) is 0.215. The second kappa shape index (κ2) is 11.6. The van der Waals surface area contributed by atoms with E-state index >= 15 is 0 Å². The number of hydrogen-bond donors (Lipinski definition) is 0. The Morgan fingerprint density at radius 3 is 2.61 bits per heavy atom. The number of carbonyl (C=O) groups is 1. The number of nitriles is 1. The molecule has 0 amide bonds. The summed E-state index contributed by atoms with van der Waals surface area (Å²) in [5, 5.41) is 14.6. The lowest BCUT2D eigenvalue weighted by Crippen LogP contribution is -2.64. The van der Waals surface area contributed by atoms with Gasteiger partial charge in [0.2, 0.25) is 10.0 Å². The highest BCUT2D eigenvalue weighted by Crippen LogP contribution is 2.36. The third kappa shape index (κ3) is 5.41. The SMILES string of the molecule is CCS(=O)(=O)N1CC(CC#N)(n2cc(-c3ncnc4c3ccn4OC(=O)C(C)c3cccc(Oc4ccccc4)c3)cn2)C1. The van der Waals surface area contributed by atoms with Crippen LogP contribution in [0.3, 0.4) is 0 Å². The van der Waals surface area contributed by atoms with Gasteiger partial charge in [-0.05, 0) is 49.7 Å². The third-order valence-corrected chi connectivity index (χ3v) is 9.55. The Morgan fingerprint density at radius 1 is 1.09 bits per heavy atom. The van der Waals surface area contributed by atoms with Gasteiger partial charge in [0, 0.05) is 36.4 Å². The van der Waals surface area contributed by atoms with Crippen LogP contribution in [0.1, 0.15) is 31.7 Å². The first-order valence-electron chi connectivity index (χ1n) is 14.0. The fourth-order valence-corrected chi connectivity index (χ4v) is 6.43. The molecule has 0 aliphatic carbocycles. The first-order chi connectivity index (χ1) is 21.2. The summed E-state index contributed by atoms with van der Waals surface area (Å²) in [6, 6.07) is 20.6. The molecule has 0 radical (unpaired) electrons. The van der Waals surface area contributed by atoms with Crippen molar-refractivity contribution in [3.63, 3.8) is 0 Å². The quantitative estimate of drug-likeness (QED) is 0.228. The van der Waals surface area contributed by atoms with Gasteiger partial charge < -0.3 is 9.57 Å². The van der Waals surface area contributed by atoms with E-state index in [9.17, 15) is 18.5 Å². The summed E-state index contributed by atoms with van der Waals surface area (Å²) in [6.07, 6.45) is 6.45. The Hall–Kier alpha value is -5.06. The molecule has 0 spiro atoms. The standard InChI is InChI=1S/C31H29N7O5S/c1-3-44(40,41)36-19-31(20-36,13-14-32)38-18-24(17-35-38)28-27-12-15-37(29(27)34-21-33-28)43-30(39)22(2)23-8-7-11-26(16-23)42-25-9-5-4-6-10-25/h4-12,15-18,21-22H,3,13,19-20H2,1-2H3. The third-order valence-electron chi connectivity index (χ3n) is 7.78. The van der Waals surface area contributed by atoms with Crippen LogP contribution >= 0.6 is 0 Å². The van der Waals surface area contributed by atoms with Crippen LogP contribution in [0.15, 0.2) is 85.6 Å². The average molecular weight is 612 g/mol. The molecule has 1 saturated heterocycles. The highest BCUT2D eigenvalue weighted by molar-refractivity contribution is 7.89. The Balaban J connectivity index is 1.20. The minimum atomic E-state index is -3.37. The number of para-hydroxylation sites is 1. The molecule has 6 rings (SSSR count). The molecule has 0 saturated carbocycles. The van der Waals surface area contributed by atoms with Crippen LogP contribution in [0, 0.1) is 11.3 Å². The van der Waals surface area contributed by atoms with Crippen LogP contribution in [-0.2, 0) is 20.4 Å². The molecule has 3 aromatic heterocycles. The fraction of sp³-hybridized carbons (Fsp3) is 0.258. The second-order valence-corrected chi connectivity index (χ2v) is 12.9. The van der Waals surface area contributed by atoms with Crippen LogP contribution < -0.4 is 9.57 Å². The number of rotatable bonds is 10. The van der Waals surface area contributed by atoms with Gasteiger partial charge in [-0.1, -0.05) is 30.3 Å². The second-order valence-electron chi connectivity index (χ2n) is 10.6. The van der Waals surface area contributed by atoms with Crippen molar-refractivity contribution in [3.05, 3.63) is 91.1 Å². The van der Waals surface area contributed by atoms with Gasteiger partial charge in [0.25, 0.3) is 0 Å². The summed E-state index contributed by atoms with van der Waals surface area (Å²) >= 11 is 0. The highest BCUT2D eigenvalue weighted by atomic mass is 32.2. The molecule has 44 heavy (non-hydrogen) atoms. The number of nitrogens with zero attached hydrogens (tertiary/aromatic N) is 7. The summed E-state index contributed by atoms with van der Waals surface area (Å²) in [7, 11) is -3.37. The van der Waals surface area contributed by atoms with Gasteiger partial charge in [0.15, 0.2) is 5.65 Å². The molecule has 2 aromatic carbocycles. The maximum atomic E-state index is 13.2. The van der Waals surface area contributed by atoms with Gasteiger partial charge in [-0.2, -0.15) is 19.4 Å². The lowest BCUT2D eigenvalue weighted by Gasteiger charge is -2.47. The van der Waals surface area contributed by atoms with Crippen molar-refractivity contribution in [2.24, 2.45) is 0 Å². The molecule has 1 aliphatic heterocycles. The average Bonchev–Trinajstić information content (AvgIpc) is 3.67. The van der Waals surface area contributed by atoms with E-state index in [1.165, 1.54) is 15.4 Å². The van der Waals surface area contributed by atoms with Crippen LogP contribution in [0.25, 0.3) is 22.3 Å². The number of carbonyl (C=O) groups excluding carboxylic acids is 1. The van der Waals surface area contributed by atoms with Crippen molar-refractivity contribution < 1.29 is 22.8 Å². The Morgan fingerprint density at radius 2 is 1.86 bits per heavy atom. The topological polar surface area (TPSA) is 145 Å². The maximum Gasteiger partial charge on any atom is 0.340 e. The molecule has 1 aliphatic rings. The fourth-order valence-electron chi connectivity index (χ4n) is 5.19. The van der Waals surface area contributed by atoms with E-state index in [0.717, 1.165) is 5.56 Å². The number of fused-ring (bicyclic) bond motifs is 1. The minimum Gasteiger partial charge on any atom is -0.457 e. The van der Waals surface area contributed by atoms with Gasteiger partial charge in [-0.3, -0.25) is 4.68 Å². The number of aromatic nitrogens is 5. The van der Waals surface area contributed by atoms with Crippen LogP contribution in [-0.4, -0.2) is 62.0 Å². The van der Waals surface area contributed by atoms with Crippen LogP contribution in [0.2, 0.25) is 0 Å². The Kier molecular flexibility index (Phi) is 7.62. The molecular formula is C31H29N7O5S. The monoisotopic (exact) mass is 611 g/mol. The Labute approximate surface area is 254 Å². The van der Waals surface area contributed by atoms with E-state index in [1.54, 1.807) is 43.2 Å². The lowest BCUT2D eigenvalue weighted by molar-refractivity contribution is -0.145. The van der Waals surface area contributed by atoms with Crippen molar-refractivity contribution in [1.29, 1.82) is 5.26 Å². The maximum absolute atomic E-state index is 13.2. The van der Waals surface area contributed by atoms with Crippen molar-refractivity contribution in [2.75, 3.05) is 18.8 Å². The van der Waals surface area contributed by atoms with E-state index in [-0.39, 0.29) is 25.3 Å². The number of benzene rings is 2. The summed E-state index contributed by atoms with van der Waals surface area (Å²) < 4.78 is 34.9. The van der Waals surface area contributed by atoms with Gasteiger partial charge in [0.05, 0.1) is 36.1 Å². The van der Waals surface area contributed by atoms with Crippen molar-refractivity contribution in [1.82, 2.24) is 28.8 Å². The van der Waals surface area contributed by atoms with Crippen molar-refractivity contribution >= 4 is 27.0 Å². The summed E-state index contributed by atoms with van der Waals surface area (Å²) in [5.41, 5.74) is 1.57. The zero-order chi connectivity index (χ0) is 30.9. The van der Waals surface area contributed by atoms with Crippen LogP contribution in [0.5, 0.6) is 11.5 Å². The summed E-state index contributed by atoms with van der Waals surface area (Å²) in [4.78, 5) is 27.7. The number of hydrogen-bond acceptors (Lipinski definition) is 9. The largest absolute Gasteiger partial charge is 0.457 e. The zero-order valence-electron chi connectivity index (χ0n) is 24.1. The lowest BCUT2D eigenvalue weighted by atomic mass is 9.89. The zero-order valence-corrected chi connectivity index (χ0v) is 24.9. The molecule has 1 atom stereocenters. The number of ether oxygens (including phenoxy) is 1. The van der Waals surface area contributed by atoms with Gasteiger partial charge in [-0.25, -0.2) is 23.2 Å². The molecule has 0 bridgehead atoms. The van der Waals surface area contributed by atoms with Crippen molar-refractivity contribution in [2.45, 2.75) is 31.7 Å². The summed E-state index contributed by atoms with van der Waals surface area (Å²) in [6.45, 7) is 3.69. The van der Waals surface area contributed by atoms with E-state index < -0.39 is 27.4 Å². The first-order valence-corrected chi connectivity index (χ1v) is 15.6. The molecule has 4 heterocycles. The van der Waals surface area contributed by atoms with Crippen LogP contribution in [0.4, 0.5) is 0 Å². The molecular weight excluding hydrogens is 582 g/mol. The Bertz CT molecular complexity index is 1980. The number of sulfonamides is 1. The predicted octanol–water partition coefficient (Wildman–Crippen LogP) is 4.12. The molecule has 1 unspecified atom stereocenters.